The fourth-order valence-electron chi connectivity index (χ4n) is 11.4. The first kappa shape index (κ1) is 84.9. The zero-order valence-electron chi connectivity index (χ0n) is 58.5. The number of nitrogens with one attached hydrogen (secondary N) is 1. The molecule has 0 heterocycles. The van der Waals surface area contributed by atoms with Crippen LogP contribution in [0.3, 0.4) is 0 Å². The van der Waals surface area contributed by atoms with Crippen molar-refractivity contribution >= 4 is 13.7 Å². The van der Waals surface area contributed by atoms with Crippen LogP contribution >= 0.6 is 7.82 Å². The lowest BCUT2D eigenvalue weighted by Gasteiger charge is -2.30. The fraction of sp³-hybridized carbons (Fsp3) is 0.833. The highest BCUT2D eigenvalue weighted by atomic mass is 31.2. The molecule has 0 aliphatic heterocycles. The third-order valence-electron chi connectivity index (χ3n) is 17.2. The van der Waals surface area contributed by atoms with Crippen molar-refractivity contribution in [1.29, 1.82) is 0 Å². The van der Waals surface area contributed by atoms with Crippen molar-refractivity contribution in [2.45, 2.75) is 379 Å². The summed E-state index contributed by atoms with van der Waals surface area (Å²) >= 11 is 0. The number of hydrogen-bond donors (Lipinski definition) is 2. The van der Waals surface area contributed by atoms with Crippen molar-refractivity contribution in [3.63, 3.8) is 0 Å². The Morgan fingerprint density at radius 3 is 1.02 bits per heavy atom. The molecular formula is C78H147N2O6P. The van der Waals surface area contributed by atoms with E-state index < -0.39 is 20.0 Å². The van der Waals surface area contributed by atoms with Gasteiger partial charge in [0.15, 0.2) is 0 Å². The van der Waals surface area contributed by atoms with E-state index in [1.54, 1.807) is 0 Å². The van der Waals surface area contributed by atoms with Crippen LogP contribution in [-0.2, 0) is 18.4 Å². The molecule has 1 amide bonds. The molecule has 8 nitrogen and oxygen atoms in total. The number of phosphoric acid groups is 1. The predicted molar refractivity (Wildman–Crippen MR) is 380 cm³/mol. The number of carbonyl (C=O) groups excluding carboxylic acids is 1. The smallest absolute Gasteiger partial charge is 0.268 e. The topological polar surface area (TPSA) is 108 Å². The number of likely N-dealkylation sites (N-methyl/N-ethyl adjacent to an activating group) is 1. The molecule has 0 aliphatic rings. The predicted octanol–water partition coefficient (Wildman–Crippen LogP) is 23.9. The van der Waals surface area contributed by atoms with Crippen molar-refractivity contribution in [2.75, 3.05) is 40.9 Å². The number of amides is 1. The molecule has 0 bridgehead atoms. The summed E-state index contributed by atoms with van der Waals surface area (Å²) in [5.41, 5.74) is 0. The van der Waals surface area contributed by atoms with Crippen LogP contribution in [0.5, 0.6) is 0 Å². The largest absolute Gasteiger partial charge is 0.756 e. The molecule has 0 saturated heterocycles. The van der Waals surface area contributed by atoms with E-state index in [4.69, 9.17) is 9.05 Å². The molecule has 0 radical (unpaired) electrons. The van der Waals surface area contributed by atoms with Gasteiger partial charge in [-0.2, -0.15) is 0 Å². The second-order valence-corrected chi connectivity index (χ2v) is 28.4. The quantitative estimate of drug-likeness (QED) is 0.0272. The molecule has 87 heavy (non-hydrogen) atoms. The fourth-order valence-corrected chi connectivity index (χ4v) is 12.1. The number of quaternary nitrogens is 1. The maximum atomic E-state index is 13.1. The first-order valence-corrected chi connectivity index (χ1v) is 39.2. The minimum absolute atomic E-state index is 0.0129. The summed E-state index contributed by atoms with van der Waals surface area (Å²) < 4.78 is 23.6. The number of nitrogens with zero attached hydrogens (tertiary/aromatic N) is 1. The Labute approximate surface area is 542 Å². The van der Waals surface area contributed by atoms with Crippen LogP contribution in [0.4, 0.5) is 0 Å². The molecule has 0 aliphatic carbocycles. The number of unbranched alkanes of at least 4 members (excludes halogenated alkanes) is 45. The second kappa shape index (κ2) is 68.3. The number of hydrogen-bond acceptors (Lipinski definition) is 6. The summed E-state index contributed by atoms with van der Waals surface area (Å²) in [7, 11) is 1.32. The monoisotopic (exact) mass is 1240 g/mol. The summed E-state index contributed by atoms with van der Waals surface area (Å²) in [5.74, 6) is -0.158. The lowest BCUT2D eigenvalue weighted by molar-refractivity contribution is -0.870. The molecule has 3 unspecified atom stereocenters. The van der Waals surface area contributed by atoms with E-state index in [2.05, 4.69) is 92.1 Å². The highest BCUT2D eigenvalue weighted by molar-refractivity contribution is 7.45. The van der Waals surface area contributed by atoms with Gasteiger partial charge in [-0.25, -0.2) is 0 Å². The maximum Gasteiger partial charge on any atom is 0.268 e. The van der Waals surface area contributed by atoms with Gasteiger partial charge in [0, 0.05) is 6.42 Å². The molecule has 0 fully saturated rings. The van der Waals surface area contributed by atoms with Crippen molar-refractivity contribution in [2.24, 2.45) is 0 Å². The number of allylic oxidation sites excluding steroid dienone is 12. The Morgan fingerprint density at radius 2 is 0.701 bits per heavy atom. The SMILES string of the molecule is CC/C=C\C/C=C\C/C=C\C/C=C\C/C=C\C/C=C\CCCCCCCCCCCCCCCCCCCCCCC(=O)NC(COP(=O)([O-])OCC[N+](C)(C)C)C(O)CCCCCCCCCCCCCCCCCCCCCCCCCCCC. The minimum Gasteiger partial charge on any atom is -0.756 e. The molecule has 3 atom stereocenters. The summed E-state index contributed by atoms with van der Waals surface area (Å²) in [5, 5.41) is 14.1. The molecular weight excluding hydrogens is 1090 g/mol. The first-order chi connectivity index (χ1) is 42.5. The van der Waals surface area contributed by atoms with Gasteiger partial charge in [-0.15, -0.1) is 0 Å². The van der Waals surface area contributed by atoms with Crippen LogP contribution in [0.2, 0.25) is 0 Å². The third kappa shape index (κ3) is 71.2. The van der Waals surface area contributed by atoms with Crippen LogP contribution in [0.25, 0.3) is 0 Å². The van der Waals surface area contributed by atoms with Crippen molar-refractivity contribution < 1.29 is 32.9 Å². The van der Waals surface area contributed by atoms with E-state index in [1.165, 1.54) is 263 Å². The number of phosphoric ester groups is 1. The van der Waals surface area contributed by atoms with Gasteiger partial charge >= 0.3 is 0 Å². The molecule has 0 aromatic rings. The number of carbonyl (C=O) groups is 1. The second-order valence-electron chi connectivity index (χ2n) is 27.0. The van der Waals surface area contributed by atoms with Crippen LogP contribution in [0.15, 0.2) is 72.9 Å². The molecule has 0 aromatic carbocycles. The third-order valence-corrected chi connectivity index (χ3v) is 18.2. The normalized spacial score (nSPS) is 14.0. The molecule has 0 aromatic heterocycles. The lowest BCUT2D eigenvalue weighted by Crippen LogP contribution is -2.46. The van der Waals surface area contributed by atoms with E-state index in [-0.39, 0.29) is 19.1 Å². The van der Waals surface area contributed by atoms with E-state index in [9.17, 15) is 19.4 Å². The number of rotatable bonds is 70. The van der Waals surface area contributed by atoms with Gasteiger partial charge < -0.3 is 28.8 Å². The average molecular weight is 1240 g/mol. The van der Waals surface area contributed by atoms with Gasteiger partial charge in [-0.1, -0.05) is 369 Å². The first-order valence-electron chi connectivity index (χ1n) is 37.8. The minimum atomic E-state index is -4.58. The van der Waals surface area contributed by atoms with Gasteiger partial charge in [-0.05, 0) is 64.2 Å². The van der Waals surface area contributed by atoms with Crippen LogP contribution in [-0.4, -0.2) is 68.5 Å². The molecule has 0 saturated carbocycles. The summed E-state index contributed by atoms with van der Waals surface area (Å²) in [6, 6.07) is -0.803. The lowest BCUT2D eigenvalue weighted by atomic mass is 10.0. The zero-order chi connectivity index (χ0) is 63.4. The number of aliphatic hydroxyl groups is 1. The molecule has 0 rings (SSSR count). The molecule has 9 heteroatoms. The van der Waals surface area contributed by atoms with Gasteiger partial charge in [0.2, 0.25) is 5.91 Å². The summed E-state index contributed by atoms with van der Waals surface area (Å²) in [6.45, 7) is 4.66. The van der Waals surface area contributed by atoms with E-state index in [0.717, 1.165) is 77.0 Å². The number of aliphatic hydroxyl groups excluding tert-OH is 1. The molecule has 510 valence electrons. The van der Waals surface area contributed by atoms with Crippen molar-refractivity contribution in [3.05, 3.63) is 72.9 Å². The zero-order valence-corrected chi connectivity index (χ0v) is 59.4. The van der Waals surface area contributed by atoms with E-state index in [1.807, 2.05) is 21.1 Å². The van der Waals surface area contributed by atoms with Crippen molar-refractivity contribution in [1.82, 2.24) is 5.32 Å². The highest BCUT2D eigenvalue weighted by Crippen LogP contribution is 2.38. The van der Waals surface area contributed by atoms with Crippen LogP contribution in [0.1, 0.15) is 367 Å². The molecule has 0 spiro atoms. The molecule has 2 N–H and O–H groups in total. The van der Waals surface area contributed by atoms with E-state index >= 15 is 0 Å². The Hall–Kier alpha value is -2.06. The van der Waals surface area contributed by atoms with Crippen LogP contribution in [0, 0.1) is 0 Å². The Morgan fingerprint density at radius 1 is 0.414 bits per heavy atom. The van der Waals surface area contributed by atoms with Crippen molar-refractivity contribution in [3.8, 4) is 0 Å². The Bertz CT molecular complexity index is 1650. The highest BCUT2D eigenvalue weighted by Gasteiger charge is 2.24. The van der Waals surface area contributed by atoms with Gasteiger partial charge in [0.25, 0.3) is 7.82 Å². The maximum absolute atomic E-state index is 13.1. The van der Waals surface area contributed by atoms with E-state index in [0.29, 0.717) is 23.9 Å². The summed E-state index contributed by atoms with van der Waals surface area (Å²) in [6.07, 6.45) is 95.7. The summed E-state index contributed by atoms with van der Waals surface area (Å²) in [4.78, 5) is 25.7. The Balaban J connectivity index is 3.95. The average Bonchev–Trinajstić information content (AvgIpc) is 3.69. The van der Waals surface area contributed by atoms with Gasteiger partial charge in [-0.3, -0.25) is 9.36 Å². The van der Waals surface area contributed by atoms with Crippen LogP contribution < -0.4 is 10.2 Å². The standard InChI is InChI=1S/C78H147N2O6P/c1-6-8-10-12-14-16-18-20-22-24-26-28-30-32-34-35-36-37-38-39-40-41-42-43-44-45-46-48-50-52-54-56-58-60-62-64-66-68-70-72-78(82)79-76(75-86-87(83,84)85-74-73-80(3,4)5)77(81)71-69-67-65-63-61-59-57-55-53-51-49-47-33-31-29-27-25-23-21-19-17-15-13-11-9-7-2/h8,10,14,16,20,22,26,28,32,34,36-37,76-77,81H,6-7,9,11-13,15,17-19,21,23-25,27,29-31,33,35,38-75H2,1-5H3,(H-,79,82,83,84)/b10-8-,16-14-,22-20-,28-26-,34-32-,37-36-. The van der Waals surface area contributed by atoms with Gasteiger partial charge in [0.1, 0.15) is 13.2 Å². The van der Waals surface area contributed by atoms with Gasteiger partial charge in [0.05, 0.1) is 39.9 Å². The Kier molecular flexibility index (Phi) is 66.7.